The summed E-state index contributed by atoms with van der Waals surface area (Å²) in [6.45, 7) is 3.79. The van der Waals surface area contributed by atoms with Crippen molar-refractivity contribution in [2.75, 3.05) is 18.1 Å². The van der Waals surface area contributed by atoms with Crippen molar-refractivity contribution in [2.45, 2.75) is 19.5 Å². The predicted molar refractivity (Wildman–Crippen MR) is 150 cm³/mol. The van der Waals surface area contributed by atoms with Gasteiger partial charge in [-0.2, -0.15) is 5.26 Å². The molecule has 2 amide bonds. The molecule has 0 aliphatic carbocycles. The van der Waals surface area contributed by atoms with E-state index >= 15 is 0 Å². The van der Waals surface area contributed by atoms with Crippen molar-refractivity contribution in [3.8, 4) is 22.9 Å². The Hall–Kier alpha value is -5.09. The Morgan fingerprint density at radius 3 is 2.44 bits per heavy atom. The van der Waals surface area contributed by atoms with Crippen molar-refractivity contribution in [3.63, 3.8) is 0 Å². The lowest BCUT2D eigenvalue weighted by molar-refractivity contribution is 0.0938. The Morgan fingerprint density at radius 1 is 1.00 bits per heavy atom. The van der Waals surface area contributed by atoms with Crippen LogP contribution in [0.5, 0.6) is 5.75 Å². The lowest BCUT2D eigenvalue weighted by Crippen LogP contribution is -2.33. The molecule has 39 heavy (non-hydrogen) atoms. The molecule has 1 unspecified atom stereocenters. The standard InChI is InChI=1S/C32H28N4O3/c1-21(23-8-6-22(19-33)7-9-23)35-32(38)26-14-15-29-30(18-26)39-17-16-36(29)20-27-4-2-3-5-28(27)24-10-12-25(13-11-24)31(34)37/h2-15,18,21H,16-17,20H2,1H3,(H2,34,37)(H,35,38). The summed E-state index contributed by atoms with van der Waals surface area (Å²) in [5, 5.41) is 12.0. The molecule has 1 aliphatic heterocycles. The Kier molecular flexibility index (Phi) is 7.28. The van der Waals surface area contributed by atoms with Crippen LogP contribution in [0.15, 0.2) is 91.0 Å². The number of anilines is 1. The van der Waals surface area contributed by atoms with Gasteiger partial charge in [0.15, 0.2) is 0 Å². The first-order valence-corrected chi connectivity index (χ1v) is 12.7. The first kappa shape index (κ1) is 25.6. The second kappa shape index (κ2) is 11.1. The van der Waals surface area contributed by atoms with E-state index in [4.69, 9.17) is 15.7 Å². The fourth-order valence-corrected chi connectivity index (χ4v) is 4.75. The molecule has 0 spiro atoms. The number of hydrogen-bond acceptors (Lipinski definition) is 5. The molecule has 1 atom stereocenters. The van der Waals surface area contributed by atoms with E-state index in [9.17, 15) is 9.59 Å². The summed E-state index contributed by atoms with van der Waals surface area (Å²) in [5.41, 5.74) is 12.0. The number of fused-ring (bicyclic) bond motifs is 1. The smallest absolute Gasteiger partial charge is 0.251 e. The molecule has 7 nitrogen and oxygen atoms in total. The number of carbonyl (C=O) groups excluding carboxylic acids is 2. The average molecular weight is 517 g/mol. The van der Waals surface area contributed by atoms with Crippen LogP contribution in [0.3, 0.4) is 0 Å². The van der Waals surface area contributed by atoms with Crippen molar-refractivity contribution in [2.24, 2.45) is 5.73 Å². The Labute approximate surface area is 227 Å². The Morgan fingerprint density at radius 2 is 1.72 bits per heavy atom. The van der Waals surface area contributed by atoms with E-state index in [1.54, 1.807) is 30.3 Å². The van der Waals surface area contributed by atoms with E-state index in [2.05, 4.69) is 28.4 Å². The van der Waals surface area contributed by atoms with Gasteiger partial charge in [-0.1, -0.05) is 48.5 Å². The number of nitrogens with two attached hydrogens (primary N) is 1. The van der Waals surface area contributed by atoms with Gasteiger partial charge in [-0.3, -0.25) is 9.59 Å². The van der Waals surface area contributed by atoms with Gasteiger partial charge in [-0.15, -0.1) is 0 Å². The van der Waals surface area contributed by atoms with Crippen LogP contribution in [-0.4, -0.2) is 25.0 Å². The number of benzene rings is 4. The van der Waals surface area contributed by atoms with E-state index < -0.39 is 5.91 Å². The van der Waals surface area contributed by atoms with Crippen LogP contribution in [0.4, 0.5) is 5.69 Å². The van der Waals surface area contributed by atoms with E-state index in [1.165, 1.54) is 0 Å². The first-order valence-electron chi connectivity index (χ1n) is 12.7. The summed E-state index contributed by atoms with van der Waals surface area (Å²) in [7, 11) is 0. The van der Waals surface area contributed by atoms with Crippen LogP contribution in [0.1, 0.15) is 50.4 Å². The number of amides is 2. The van der Waals surface area contributed by atoms with Gasteiger partial charge in [0.25, 0.3) is 5.91 Å². The monoisotopic (exact) mass is 516 g/mol. The van der Waals surface area contributed by atoms with Crippen molar-refractivity contribution in [3.05, 3.63) is 119 Å². The van der Waals surface area contributed by atoms with Gasteiger partial charge in [0.1, 0.15) is 12.4 Å². The normalized spacial score (nSPS) is 13.0. The number of ether oxygens (including phenoxy) is 1. The van der Waals surface area contributed by atoms with Crippen molar-refractivity contribution >= 4 is 17.5 Å². The number of rotatable bonds is 7. The summed E-state index contributed by atoms with van der Waals surface area (Å²) in [6.07, 6.45) is 0. The van der Waals surface area contributed by atoms with E-state index in [0.717, 1.165) is 27.9 Å². The quantitative estimate of drug-likeness (QED) is 0.350. The Bertz CT molecular complexity index is 1560. The molecule has 194 valence electrons. The van der Waals surface area contributed by atoms with Crippen molar-refractivity contribution in [1.82, 2.24) is 5.32 Å². The molecular formula is C32H28N4O3. The molecule has 0 bridgehead atoms. The molecular weight excluding hydrogens is 488 g/mol. The highest BCUT2D eigenvalue weighted by atomic mass is 16.5. The third kappa shape index (κ3) is 5.60. The van der Waals surface area contributed by atoms with Gasteiger partial charge in [-0.05, 0) is 71.6 Å². The molecule has 1 heterocycles. The fourth-order valence-electron chi connectivity index (χ4n) is 4.75. The van der Waals surface area contributed by atoms with Gasteiger partial charge in [0.05, 0.1) is 29.9 Å². The molecule has 5 rings (SSSR count). The van der Waals surface area contributed by atoms with Crippen molar-refractivity contribution in [1.29, 1.82) is 5.26 Å². The molecule has 1 aliphatic rings. The van der Waals surface area contributed by atoms with Crippen molar-refractivity contribution < 1.29 is 14.3 Å². The highest BCUT2D eigenvalue weighted by Gasteiger charge is 2.22. The highest BCUT2D eigenvalue weighted by Crippen LogP contribution is 2.35. The van der Waals surface area contributed by atoms with E-state index in [1.807, 2.05) is 55.5 Å². The molecule has 0 aromatic heterocycles. The van der Waals surface area contributed by atoms with Crippen LogP contribution in [-0.2, 0) is 6.54 Å². The van der Waals surface area contributed by atoms with Crippen LogP contribution >= 0.6 is 0 Å². The third-order valence-electron chi connectivity index (χ3n) is 6.93. The topological polar surface area (TPSA) is 108 Å². The Balaban J connectivity index is 1.33. The van der Waals surface area contributed by atoms with Gasteiger partial charge in [0, 0.05) is 17.7 Å². The summed E-state index contributed by atoms with van der Waals surface area (Å²) >= 11 is 0. The number of nitrogens with zero attached hydrogens (tertiary/aromatic N) is 2. The van der Waals surface area contributed by atoms with Crippen LogP contribution in [0, 0.1) is 11.3 Å². The summed E-state index contributed by atoms with van der Waals surface area (Å²) in [5.74, 6) is 0.0277. The zero-order valence-electron chi connectivity index (χ0n) is 21.6. The number of primary amides is 1. The highest BCUT2D eigenvalue weighted by molar-refractivity contribution is 5.95. The van der Waals surface area contributed by atoms with E-state index in [-0.39, 0.29) is 11.9 Å². The second-order valence-electron chi connectivity index (χ2n) is 9.48. The second-order valence-corrected chi connectivity index (χ2v) is 9.48. The predicted octanol–water partition coefficient (Wildman–Crippen LogP) is 5.21. The minimum absolute atomic E-state index is 0.194. The zero-order valence-corrected chi connectivity index (χ0v) is 21.6. The maximum absolute atomic E-state index is 13.0. The maximum atomic E-state index is 13.0. The minimum atomic E-state index is -0.448. The number of nitriles is 1. The van der Waals surface area contributed by atoms with Crippen LogP contribution < -0.4 is 20.7 Å². The van der Waals surface area contributed by atoms with Gasteiger partial charge < -0.3 is 20.7 Å². The number of carbonyl (C=O) groups is 2. The zero-order chi connectivity index (χ0) is 27.4. The lowest BCUT2D eigenvalue weighted by atomic mass is 9.98. The van der Waals surface area contributed by atoms with E-state index in [0.29, 0.717) is 42.1 Å². The number of nitrogens with one attached hydrogen (secondary N) is 1. The molecule has 4 aromatic carbocycles. The SMILES string of the molecule is CC(NC(=O)c1ccc2c(c1)OCCN2Cc1ccccc1-c1ccc(C(N)=O)cc1)c1ccc(C#N)cc1. The summed E-state index contributed by atoms with van der Waals surface area (Å²) in [6, 6.07) is 30.1. The molecule has 4 aromatic rings. The molecule has 0 saturated heterocycles. The molecule has 0 saturated carbocycles. The molecule has 3 N–H and O–H groups in total. The largest absolute Gasteiger partial charge is 0.490 e. The fraction of sp³-hybridized carbons (Fsp3) is 0.156. The van der Waals surface area contributed by atoms with Gasteiger partial charge in [-0.25, -0.2) is 0 Å². The molecule has 0 fully saturated rings. The number of hydrogen-bond donors (Lipinski definition) is 2. The minimum Gasteiger partial charge on any atom is -0.490 e. The van der Waals surface area contributed by atoms with Gasteiger partial charge >= 0.3 is 0 Å². The molecule has 7 heteroatoms. The average Bonchev–Trinajstić information content (AvgIpc) is 2.97. The molecule has 0 radical (unpaired) electrons. The third-order valence-corrected chi connectivity index (χ3v) is 6.93. The maximum Gasteiger partial charge on any atom is 0.251 e. The van der Waals surface area contributed by atoms with Crippen LogP contribution in [0.25, 0.3) is 11.1 Å². The summed E-state index contributed by atoms with van der Waals surface area (Å²) in [4.78, 5) is 26.7. The first-order chi connectivity index (χ1) is 18.9. The van der Waals surface area contributed by atoms with Crippen LogP contribution in [0.2, 0.25) is 0 Å². The summed E-state index contributed by atoms with van der Waals surface area (Å²) < 4.78 is 5.95. The lowest BCUT2D eigenvalue weighted by Gasteiger charge is -2.32. The van der Waals surface area contributed by atoms with Gasteiger partial charge in [0.2, 0.25) is 5.91 Å².